The molecule has 0 saturated heterocycles. The van der Waals surface area contributed by atoms with Crippen LogP contribution in [0.5, 0.6) is 0 Å². The van der Waals surface area contributed by atoms with Crippen LogP contribution in [0.3, 0.4) is 0 Å². The standard InChI is InChI=1S/C25H46/c1-5-7-9-11-13-15-17-21-25(4)23-19-18-22-24(3)20-16-14-12-10-8-6-2/h24-25H,1-2,5-6,8,10-23H2,3-4H3. The van der Waals surface area contributed by atoms with Crippen LogP contribution in [-0.2, 0) is 0 Å². The molecule has 0 bridgehead atoms. The first kappa shape index (κ1) is 24.6. The highest BCUT2D eigenvalue weighted by Crippen LogP contribution is 2.21. The molecule has 2 atom stereocenters. The van der Waals surface area contributed by atoms with Crippen LogP contribution in [-0.4, -0.2) is 0 Å². The molecule has 0 amide bonds. The summed E-state index contributed by atoms with van der Waals surface area (Å²) in [5.74, 6) is 8.08. The third-order valence-electron chi connectivity index (χ3n) is 5.34. The van der Waals surface area contributed by atoms with Gasteiger partial charge in [-0.05, 0) is 25.2 Å². The van der Waals surface area contributed by atoms with E-state index in [1.165, 1.54) is 89.9 Å². The average Bonchev–Trinajstić information content (AvgIpc) is 2.61. The van der Waals surface area contributed by atoms with E-state index in [0.29, 0.717) is 0 Å². The van der Waals surface area contributed by atoms with E-state index in [1.807, 2.05) is 0 Å². The Morgan fingerprint density at radius 3 is 1.52 bits per heavy atom. The van der Waals surface area contributed by atoms with E-state index in [1.54, 1.807) is 0 Å². The second kappa shape index (κ2) is 19.9. The van der Waals surface area contributed by atoms with Gasteiger partial charge in [-0.1, -0.05) is 111 Å². The van der Waals surface area contributed by atoms with Crippen LogP contribution in [0.15, 0.2) is 0 Å². The second-order valence-electron chi connectivity index (χ2n) is 8.11. The molecule has 25 heavy (non-hydrogen) atoms. The van der Waals surface area contributed by atoms with Gasteiger partial charge in [-0.25, -0.2) is 0 Å². The first-order valence-corrected chi connectivity index (χ1v) is 11.2. The molecule has 0 aliphatic carbocycles. The van der Waals surface area contributed by atoms with Gasteiger partial charge in [0.1, 0.15) is 0 Å². The Labute approximate surface area is 160 Å². The highest BCUT2D eigenvalue weighted by molar-refractivity contribution is 4.98. The topological polar surface area (TPSA) is 0 Å². The molecule has 0 spiro atoms. The van der Waals surface area contributed by atoms with E-state index < -0.39 is 0 Å². The first-order valence-electron chi connectivity index (χ1n) is 11.2. The van der Waals surface area contributed by atoms with E-state index in [4.69, 9.17) is 0 Å². The van der Waals surface area contributed by atoms with Crippen molar-refractivity contribution < 1.29 is 0 Å². The summed E-state index contributed by atoms with van der Waals surface area (Å²) in [6, 6.07) is 0. The van der Waals surface area contributed by atoms with Crippen molar-refractivity contribution in [2.24, 2.45) is 11.8 Å². The second-order valence-corrected chi connectivity index (χ2v) is 8.11. The fourth-order valence-electron chi connectivity index (χ4n) is 3.53. The maximum Gasteiger partial charge on any atom is 0.00890 e. The van der Waals surface area contributed by atoms with Gasteiger partial charge in [0, 0.05) is 12.8 Å². The summed E-state index contributed by atoms with van der Waals surface area (Å²) in [5.41, 5.74) is 0. The Morgan fingerprint density at radius 2 is 1.00 bits per heavy atom. The smallest absolute Gasteiger partial charge is 0.00890 e. The SMILES string of the molecule is [CH2]CC#CCCCCCC(C)CCCCC(C)CCCCCCC[CH2]. The molecule has 0 aromatic rings. The van der Waals surface area contributed by atoms with Crippen LogP contribution in [0, 0.1) is 37.5 Å². The van der Waals surface area contributed by atoms with Gasteiger partial charge in [0.05, 0.1) is 0 Å². The first-order chi connectivity index (χ1) is 12.2. The summed E-state index contributed by atoms with van der Waals surface area (Å²) < 4.78 is 0. The van der Waals surface area contributed by atoms with E-state index in [-0.39, 0.29) is 0 Å². The van der Waals surface area contributed by atoms with Gasteiger partial charge in [0.2, 0.25) is 0 Å². The molecule has 0 aliphatic rings. The Kier molecular flexibility index (Phi) is 19.5. The van der Waals surface area contributed by atoms with Crippen LogP contribution in [0.4, 0.5) is 0 Å². The Hall–Kier alpha value is -0.440. The van der Waals surface area contributed by atoms with Crippen molar-refractivity contribution in [3.05, 3.63) is 13.8 Å². The van der Waals surface area contributed by atoms with Crippen molar-refractivity contribution in [1.82, 2.24) is 0 Å². The molecule has 2 unspecified atom stereocenters. The van der Waals surface area contributed by atoms with E-state index >= 15 is 0 Å². The molecule has 0 nitrogen and oxygen atoms in total. The van der Waals surface area contributed by atoms with Gasteiger partial charge < -0.3 is 0 Å². The molecule has 0 N–H and O–H groups in total. The molecule has 0 aromatic heterocycles. The summed E-state index contributed by atoms with van der Waals surface area (Å²) in [7, 11) is 0. The van der Waals surface area contributed by atoms with Crippen molar-refractivity contribution in [2.45, 2.75) is 123 Å². The number of rotatable bonds is 17. The van der Waals surface area contributed by atoms with Crippen molar-refractivity contribution >= 4 is 0 Å². The fraction of sp³-hybridized carbons (Fsp3) is 0.840. The highest BCUT2D eigenvalue weighted by atomic mass is 14.1. The normalized spacial score (nSPS) is 13.3. The molecule has 0 rings (SSSR count). The van der Waals surface area contributed by atoms with Gasteiger partial charge in [0.25, 0.3) is 0 Å². The van der Waals surface area contributed by atoms with Crippen LogP contribution in [0.25, 0.3) is 0 Å². The zero-order chi connectivity index (χ0) is 18.6. The van der Waals surface area contributed by atoms with Crippen LogP contribution < -0.4 is 0 Å². The van der Waals surface area contributed by atoms with Crippen molar-refractivity contribution in [2.75, 3.05) is 0 Å². The van der Waals surface area contributed by atoms with E-state index in [9.17, 15) is 0 Å². The lowest BCUT2D eigenvalue weighted by Gasteiger charge is -2.13. The molecule has 0 aliphatic heterocycles. The fourth-order valence-corrected chi connectivity index (χ4v) is 3.53. The molecule has 0 heteroatoms. The third kappa shape index (κ3) is 19.7. The third-order valence-corrected chi connectivity index (χ3v) is 5.34. The van der Waals surface area contributed by atoms with E-state index in [2.05, 4.69) is 39.5 Å². The van der Waals surface area contributed by atoms with Gasteiger partial charge in [-0.2, -0.15) is 0 Å². The molecule has 0 heterocycles. The minimum atomic E-state index is 0.756. The largest absolute Gasteiger partial charge is 0.103 e. The minimum absolute atomic E-state index is 0.756. The summed E-state index contributed by atoms with van der Waals surface area (Å²) in [6.07, 6.45) is 22.5. The van der Waals surface area contributed by atoms with Crippen LogP contribution in [0.2, 0.25) is 0 Å². The van der Waals surface area contributed by atoms with E-state index in [0.717, 1.165) is 31.1 Å². The zero-order valence-corrected chi connectivity index (χ0v) is 17.6. The summed E-state index contributed by atoms with van der Waals surface area (Å²) in [4.78, 5) is 0. The molecule has 0 saturated carbocycles. The average molecular weight is 347 g/mol. The lowest BCUT2D eigenvalue weighted by atomic mass is 9.93. The van der Waals surface area contributed by atoms with Gasteiger partial charge >= 0.3 is 0 Å². The Morgan fingerprint density at radius 1 is 0.560 bits per heavy atom. The summed E-state index contributed by atoms with van der Waals surface area (Å²) in [5, 5.41) is 0. The molecule has 0 fully saturated rings. The molecule has 2 radical (unpaired) electrons. The maximum atomic E-state index is 3.91. The zero-order valence-electron chi connectivity index (χ0n) is 17.6. The molecule has 0 aromatic carbocycles. The summed E-state index contributed by atoms with van der Waals surface area (Å²) >= 11 is 0. The molecular formula is C25H46. The summed E-state index contributed by atoms with van der Waals surface area (Å²) in [6.45, 7) is 12.6. The molecule has 146 valence electrons. The Bertz CT molecular complexity index is 306. The number of hydrogen-bond donors (Lipinski definition) is 0. The van der Waals surface area contributed by atoms with Gasteiger partial charge in [-0.15, -0.1) is 11.8 Å². The molecular weight excluding hydrogens is 300 g/mol. The van der Waals surface area contributed by atoms with Crippen LogP contribution in [0.1, 0.15) is 123 Å². The minimum Gasteiger partial charge on any atom is -0.103 e. The van der Waals surface area contributed by atoms with Crippen molar-refractivity contribution in [1.29, 1.82) is 0 Å². The highest BCUT2D eigenvalue weighted by Gasteiger charge is 2.05. The quantitative estimate of drug-likeness (QED) is 0.183. The van der Waals surface area contributed by atoms with Crippen molar-refractivity contribution in [3.63, 3.8) is 0 Å². The van der Waals surface area contributed by atoms with Crippen LogP contribution >= 0.6 is 0 Å². The number of hydrogen-bond acceptors (Lipinski definition) is 0. The number of unbranched alkanes of at least 4 members (excludes halogenated alkanes) is 9. The lowest BCUT2D eigenvalue weighted by molar-refractivity contribution is 0.402. The van der Waals surface area contributed by atoms with Crippen molar-refractivity contribution in [3.8, 4) is 11.8 Å². The Balaban J connectivity index is 3.33. The van der Waals surface area contributed by atoms with Gasteiger partial charge in [0.15, 0.2) is 0 Å². The monoisotopic (exact) mass is 346 g/mol. The maximum absolute atomic E-state index is 3.91. The van der Waals surface area contributed by atoms with Gasteiger partial charge in [-0.3, -0.25) is 0 Å². The predicted octanol–water partition coefficient (Wildman–Crippen LogP) is 8.56. The predicted molar refractivity (Wildman–Crippen MR) is 115 cm³/mol. The lowest BCUT2D eigenvalue weighted by Crippen LogP contribution is -1.98.